The van der Waals surface area contributed by atoms with Gasteiger partial charge in [-0.2, -0.15) is 26.3 Å². The number of nitrogens with zero attached hydrogens (tertiary/aromatic N) is 1. The molecule has 110 valence electrons. The van der Waals surface area contributed by atoms with Gasteiger partial charge in [0.1, 0.15) is 5.41 Å². The molecule has 0 N–H and O–H groups in total. The van der Waals surface area contributed by atoms with Crippen LogP contribution in [-0.2, 0) is 0 Å². The van der Waals surface area contributed by atoms with Gasteiger partial charge in [-0.05, 0) is 32.1 Å². The molecule has 0 aromatic rings. The van der Waals surface area contributed by atoms with Crippen molar-refractivity contribution in [1.29, 1.82) is 0 Å². The Morgan fingerprint density at radius 2 is 1.26 bits per heavy atom. The Kier molecular flexibility index (Phi) is 4.14. The number of halogens is 6. The fraction of sp³-hybridized carbons (Fsp3) is 0.917. The number of rotatable bonds is 2. The van der Waals surface area contributed by atoms with Crippen molar-refractivity contribution in [3.8, 4) is 0 Å². The van der Waals surface area contributed by atoms with Gasteiger partial charge in [0.15, 0.2) is 0 Å². The highest BCUT2D eigenvalue weighted by molar-refractivity contribution is 5.03. The lowest BCUT2D eigenvalue weighted by Crippen LogP contribution is -2.26. The molecular weight excluding hydrogens is 272 g/mol. The Balaban J connectivity index is 0.000000191. The molecule has 0 aromatic carbocycles. The van der Waals surface area contributed by atoms with Crippen LogP contribution in [0, 0.1) is 17.4 Å². The van der Waals surface area contributed by atoms with E-state index < -0.39 is 29.7 Å². The Hall–Kier alpha value is -0.930. The molecule has 2 saturated carbocycles. The normalized spacial score (nSPS) is 22.8. The van der Waals surface area contributed by atoms with Gasteiger partial charge in [0.05, 0.1) is 5.41 Å². The van der Waals surface area contributed by atoms with E-state index in [-0.39, 0.29) is 19.3 Å². The maximum Gasteiger partial charge on any atom is 0.401 e. The molecule has 2 aliphatic rings. The van der Waals surface area contributed by atoms with Gasteiger partial charge in [-0.25, -0.2) is 6.57 Å². The van der Waals surface area contributed by atoms with Gasteiger partial charge >= 0.3 is 12.4 Å². The summed E-state index contributed by atoms with van der Waals surface area (Å²) in [5, 5.41) is 0. The van der Waals surface area contributed by atoms with Crippen LogP contribution in [0.25, 0.3) is 4.85 Å². The third-order valence-electron chi connectivity index (χ3n) is 3.97. The lowest BCUT2D eigenvalue weighted by molar-refractivity contribution is -0.187. The second-order valence-electron chi connectivity index (χ2n) is 5.23. The third-order valence-corrected chi connectivity index (χ3v) is 3.97. The van der Waals surface area contributed by atoms with Crippen LogP contribution in [0.5, 0.6) is 0 Å². The Morgan fingerprint density at radius 3 is 1.32 bits per heavy atom. The first kappa shape index (κ1) is 16.1. The third kappa shape index (κ3) is 3.34. The van der Waals surface area contributed by atoms with Crippen molar-refractivity contribution in [2.45, 2.75) is 51.4 Å². The molecule has 0 saturated heterocycles. The average Bonchev–Trinajstić information content (AvgIpc) is 3.12. The Labute approximate surface area is 107 Å². The SMILES string of the molecule is CCC1(C(F)(F)F)CC1.[C-]#[N+]CC1(C(F)(F)F)CC1. The summed E-state index contributed by atoms with van der Waals surface area (Å²) in [6.07, 6.45) is -6.90. The lowest BCUT2D eigenvalue weighted by Gasteiger charge is -2.15. The molecule has 0 aliphatic heterocycles. The lowest BCUT2D eigenvalue weighted by atomic mass is 10.0. The Morgan fingerprint density at radius 1 is 0.895 bits per heavy atom. The molecule has 0 bridgehead atoms. The molecule has 0 atom stereocenters. The van der Waals surface area contributed by atoms with E-state index in [4.69, 9.17) is 6.57 Å². The van der Waals surface area contributed by atoms with Crippen molar-refractivity contribution in [3.05, 3.63) is 11.4 Å². The summed E-state index contributed by atoms with van der Waals surface area (Å²) in [6.45, 7) is 7.51. The monoisotopic (exact) mass is 287 g/mol. The molecule has 2 rings (SSSR count). The molecule has 1 nitrogen and oxygen atoms in total. The van der Waals surface area contributed by atoms with E-state index in [1.54, 1.807) is 6.92 Å². The number of hydrogen-bond donors (Lipinski definition) is 0. The van der Waals surface area contributed by atoms with Gasteiger partial charge in [-0.3, -0.25) is 0 Å². The maximum atomic E-state index is 11.9. The van der Waals surface area contributed by atoms with Crippen molar-refractivity contribution >= 4 is 0 Å². The van der Waals surface area contributed by atoms with Gasteiger partial charge in [0.2, 0.25) is 6.54 Å². The molecule has 0 heterocycles. The van der Waals surface area contributed by atoms with Crippen molar-refractivity contribution in [2.75, 3.05) is 6.54 Å². The average molecular weight is 287 g/mol. The second-order valence-corrected chi connectivity index (χ2v) is 5.23. The van der Waals surface area contributed by atoms with Crippen LogP contribution >= 0.6 is 0 Å². The molecule has 0 amide bonds. The van der Waals surface area contributed by atoms with E-state index in [0.29, 0.717) is 12.8 Å². The number of alkyl halides is 6. The summed E-state index contributed by atoms with van der Waals surface area (Å²) in [7, 11) is 0. The van der Waals surface area contributed by atoms with Gasteiger partial charge in [0.25, 0.3) is 0 Å². The van der Waals surface area contributed by atoms with Gasteiger partial charge in [-0.1, -0.05) is 6.92 Å². The zero-order chi connectivity index (χ0) is 14.9. The minimum atomic E-state index is -4.16. The predicted molar refractivity (Wildman–Crippen MR) is 57.2 cm³/mol. The first-order valence-electron chi connectivity index (χ1n) is 6.00. The van der Waals surface area contributed by atoms with Crippen LogP contribution in [0.1, 0.15) is 39.0 Å². The zero-order valence-electron chi connectivity index (χ0n) is 10.5. The summed E-state index contributed by atoms with van der Waals surface area (Å²) in [5.74, 6) is 0. The highest BCUT2D eigenvalue weighted by Crippen LogP contribution is 2.59. The fourth-order valence-electron chi connectivity index (χ4n) is 1.82. The van der Waals surface area contributed by atoms with Gasteiger partial charge in [-0.15, -0.1) is 0 Å². The largest absolute Gasteiger partial charge is 0.401 e. The molecule has 0 unspecified atom stereocenters. The molecule has 19 heavy (non-hydrogen) atoms. The molecule has 0 aromatic heterocycles. The van der Waals surface area contributed by atoms with Crippen LogP contribution in [0.4, 0.5) is 26.3 Å². The first-order valence-corrected chi connectivity index (χ1v) is 6.00. The standard InChI is InChI=1S/C6H6F3N.C6H9F3/c1-10-4-5(2-3-5)6(7,8)9;1-2-5(3-4-5)6(7,8)9/h2-4H2;2-4H2,1H3. The van der Waals surface area contributed by atoms with Crippen LogP contribution in [-0.4, -0.2) is 18.9 Å². The van der Waals surface area contributed by atoms with Crippen molar-refractivity contribution in [1.82, 2.24) is 0 Å². The van der Waals surface area contributed by atoms with E-state index >= 15 is 0 Å². The highest BCUT2D eigenvalue weighted by Gasteiger charge is 2.66. The quantitative estimate of drug-likeness (QED) is 0.498. The van der Waals surface area contributed by atoms with Crippen LogP contribution < -0.4 is 0 Å². The van der Waals surface area contributed by atoms with E-state index in [0.717, 1.165) is 0 Å². The van der Waals surface area contributed by atoms with E-state index in [9.17, 15) is 26.3 Å². The van der Waals surface area contributed by atoms with Crippen molar-refractivity contribution < 1.29 is 26.3 Å². The molecule has 2 aliphatic carbocycles. The molecule has 7 heteroatoms. The topological polar surface area (TPSA) is 4.36 Å². The van der Waals surface area contributed by atoms with Crippen LogP contribution in [0.2, 0.25) is 0 Å². The van der Waals surface area contributed by atoms with Crippen molar-refractivity contribution in [2.24, 2.45) is 10.8 Å². The van der Waals surface area contributed by atoms with E-state index in [1.165, 1.54) is 0 Å². The summed E-state index contributed by atoms with van der Waals surface area (Å²) in [4.78, 5) is 2.77. The van der Waals surface area contributed by atoms with Gasteiger partial charge in [0, 0.05) is 0 Å². The van der Waals surface area contributed by atoms with Gasteiger partial charge < -0.3 is 4.85 Å². The van der Waals surface area contributed by atoms with E-state index in [2.05, 4.69) is 4.85 Å². The highest BCUT2D eigenvalue weighted by atomic mass is 19.4. The molecule has 2 fully saturated rings. The summed E-state index contributed by atoms with van der Waals surface area (Å²) >= 11 is 0. The maximum absolute atomic E-state index is 11.9. The minimum absolute atomic E-state index is 0.138. The molecular formula is C12H15F6N. The zero-order valence-corrected chi connectivity index (χ0v) is 10.5. The van der Waals surface area contributed by atoms with Crippen LogP contribution in [0.3, 0.4) is 0 Å². The molecule has 0 radical (unpaired) electrons. The second kappa shape index (κ2) is 4.88. The molecule has 0 spiro atoms. The van der Waals surface area contributed by atoms with E-state index in [1.807, 2.05) is 0 Å². The predicted octanol–water partition coefficient (Wildman–Crippen LogP) is 4.99. The van der Waals surface area contributed by atoms with Crippen molar-refractivity contribution in [3.63, 3.8) is 0 Å². The summed E-state index contributed by atoms with van der Waals surface area (Å²) in [5.41, 5.74) is -2.89. The number of hydrogen-bond acceptors (Lipinski definition) is 0. The smallest absolute Gasteiger partial charge is 0.316 e. The fourth-order valence-corrected chi connectivity index (χ4v) is 1.82. The Bertz CT molecular complexity index is 354. The summed E-state index contributed by atoms with van der Waals surface area (Å²) in [6, 6.07) is 0. The first-order chi connectivity index (χ1) is 8.54. The van der Waals surface area contributed by atoms with Crippen LogP contribution in [0.15, 0.2) is 0 Å². The summed E-state index contributed by atoms with van der Waals surface area (Å²) < 4.78 is 71.5. The minimum Gasteiger partial charge on any atom is -0.316 e.